The molecule has 1 aliphatic carbocycles. The molecule has 0 unspecified atom stereocenters. The Balaban J connectivity index is 1.79. The van der Waals surface area contributed by atoms with Crippen LogP contribution in [0.3, 0.4) is 0 Å². The van der Waals surface area contributed by atoms with Gasteiger partial charge >= 0.3 is 0 Å². The summed E-state index contributed by atoms with van der Waals surface area (Å²) in [4.78, 5) is 21.2. The van der Waals surface area contributed by atoms with Crippen molar-refractivity contribution in [3.8, 4) is 0 Å². The third kappa shape index (κ3) is 3.87. The Bertz CT molecular complexity index is 468. The van der Waals surface area contributed by atoms with Crippen molar-refractivity contribution in [2.24, 2.45) is 11.8 Å². The van der Waals surface area contributed by atoms with E-state index in [1.54, 1.807) is 12.1 Å². The predicted molar refractivity (Wildman–Crippen MR) is 76.3 cm³/mol. The summed E-state index contributed by atoms with van der Waals surface area (Å²) in [6, 6.07) is 6.82. The Morgan fingerprint density at radius 2 is 1.95 bits per heavy atom. The van der Waals surface area contributed by atoms with Gasteiger partial charge in [-0.15, -0.1) is 0 Å². The van der Waals surface area contributed by atoms with E-state index in [0.29, 0.717) is 12.5 Å². The summed E-state index contributed by atoms with van der Waals surface area (Å²) in [5.74, 6) is 0.815. The number of rotatable bonds is 6. The van der Waals surface area contributed by atoms with Crippen molar-refractivity contribution in [3.05, 3.63) is 39.9 Å². The van der Waals surface area contributed by atoms with Gasteiger partial charge in [-0.1, -0.05) is 18.2 Å². The lowest BCUT2D eigenvalue weighted by Crippen LogP contribution is -2.26. The van der Waals surface area contributed by atoms with E-state index in [1.165, 1.54) is 6.07 Å². The van der Waals surface area contributed by atoms with Crippen LogP contribution in [0.1, 0.15) is 31.2 Å². The number of nitro groups is 1. The molecule has 0 bridgehead atoms. The Morgan fingerprint density at radius 1 is 1.25 bits per heavy atom. The van der Waals surface area contributed by atoms with Crippen LogP contribution in [0.2, 0.25) is 0 Å². The monoisotopic (exact) mass is 276 g/mol. The number of aldehydes is 1. The maximum Gasteiger partial charge on any atom is 0.273 e. The lowest BCUT2D eigenvalue weighted by Gasteiger charge is -2.25. The first-order chi connectivity index (χ1) is 9.70. The zero-order chi connectivity index (χ0) is 14.4. The van der Waals surface area contributed by atoms with Crippen molar-refractivity contribution >= 4 is 12.0 Å². The normalized spacial score (nSPS) is 22.4. The number of carbonyl (C=O) groups excluding carboxylic acids is 1. The smallest absolute Gasteiger partial charge is 0.273 e. The standard InChI is InChI=1S/C15H20N2O3/c18-11-13-7-5-12(6-8-13)9-16-10-14-3-1-2-4-15(14)17(19)20/h1-4,11-13,16H,5-10H2. The Hall–Kier alpha value is -1.75. The Labute approximate surface area is 118 Å². The van der Waals surface area contributed by atoms with Gasteiger partial charge in [-0.25, -0.2) is 0 Å². The highest BCUT2D eigenvalue weighted by Gasteiger charge is 2.20. The molecule has 0 aromatic heterocycles. The summed E-state index contributed by atoms with van der Waals surface area (Å²) >= 11 is 0. The third-order valence-electron chi connectivity index (χ3n) is 4.02. The van der Waals surface area contributed by atoms with Crippen molar-refractivity contribution < 1.29 is 9.72 Å². The predicted octanol–water partition coefficient (Wildman–Crippen LogP) is 2.69. The van der Waals surface area contributed by atoms with Crippen LogP contribution in [-0.2, 0) is 11.3 Å². The fourth-order valence-electron chi connectivity index (χ4n) is 2.78. The molecule has 0 atom stereocenters. The average Bonchev–Trinajstić information content (AvgIpc) is 2.48. The van der Waals surface area contributed by atoms with Gasteiger partial charge in [-0.3, -0.25) is 10.1 Å². The second kappa shape index (κ2) is 7.14. The first kappa shape index (κ1) is 14.7. The van der Waals surface area contributed by atoms with E-state index in [-0.39, 0.29) is 16.5 Å². The zero-order valence-electron chi connectivity index (χ0n) is 11.5. The average molecular weight is 276 g/mol. The van der Waals surface area contributed by atoms with Crippen molar-refractivity contribution in [1.82, 2.24) is 5.32 Å². The second-order valence-electron chi connectivity index (χ2n) is 5.43. The van der Waals surface area contributed by atoms with E-state index in [2.05, 4.69) is 5.32 Å². The highest BCUT2D eigenvalue weighted by atomic mass is 16.6. The van der Waals surface area contributed by atoms with Gasteiger partial charge < -0.3 is 10.1 Å². The molecule has 0 radical (unpaired) electrons. The van der Waals surface area contributed by atoms with Crippen molar-refractivity contribution in [2.75, 3.05) is 6.54 Å². The number of benzene rings is 1. The van der Waals surface area contributed by atoms with Crippen molar-refractivity contribution in [1.29, 1.82) is 0 Å². The molecule has 0 spiro atoms. The molecular formula is C15H20N2O3. The number of carbonyl (C=O) groups is 1. The summed E-state index contributed by atoms with van der Waals surface area (Å²) in [6.07, 6.45) is 5.14. The molecule has 20 heavy (non-hydrogen) atoms. The quantitative estimate of drug-likeness (QED) is 0.492. The Kier molecular flexibility index (Phi) is 5.24. The van der Waals surface area contributed by atoms with Crippen LogP contribution in [0.4, 0.5) is 5.69 Å². The molecule has 1 aliphatic rings. The fraction of sp³-hybridized carbons (Fsp3) is 0.533. The lowest BCUT2D eigenvalue weighted by molar-refractivity contribution is -0.385. The first-order valence-electron chi connectivity index (χ1n) is 7.09. The highest BCUT2D eigenvalue weighted by Crippen LogP contribution is 2.27. The highest BCUT2D eigenvalue weighted by molar-refractivity contribution is 5.53. The van der Waals surface area contributed by atoms with Gasteiger partial charge in [-0.05, 0) is 38.1 Å². The molecule has 0 amide bonds. The maximum atomic E-state index is 10.9. The van der Waals surface area contributed by atoms with Crippen LogP contribution in [0.5, 0.6) is 0 Å². The summed E-state index contributed by atoms with van der Waals surface area (Å²) in [6.45, 7) is 1.38. The first-order valence-corrected chi connectivity index (χ1v) is 7.09. The largest absolute Gasteiger partial charge is 0.312 e. The molecule has 5 nitrogen and oxygen atoms in total. The van der Waals surface area contributed by atoms with Gasteiger partial charge in [0.15, 0.2) is 0 Å². The number of nitrogens with one attached hydrogen (secondary N) is 1. The molecular weight excluding hydrogens is 256 g/mol. The summed E-state index contributed by atoms with van der Waals surface area (Å²) < 4.78 is 0. The molecule has 1 N–H and O–H groups in total. The Morgan fingerprint density at radius 3 is 2.60 bits per heavy atom. The van der Waals surface area contributed by atoms with Crippen molar-refractivity contribution in [2.45, 2.75) is 32.2 Å². The second-order valence-corrected chi connectivity index (χ2v) is 5.43. The summed E-state index contributed by atoms with van der Waals surface area (Å²) in [5, 5.41) is 14.2. The molecule has 2 rings (SSSR count). The van der Waals surface area contributed by atoms with Crippen LogP contribution in [0.25, 0.3) is 0 Å². The van der Waals surface area contributed by atoms with Gasteiger partial charge in [0.05, 0.1) is 4.92 Å². The van der Waals surface area contributed by atoms with Crippen LogP contribution >= 0.6 is 0 Å². The van der Waals surface area contributed by atoms with E-state index in [9.17, 15) is 14.9 Å². The number of nitro benzene ring substituents is 1. The molecule has 1 fully saturated rings. The lowest BCUT2D eigenvalue weighted by atomic mass is 9.83. The van der Waals surface area contributed by atoms with Gasteiger partial charge in [0, 0.05) is 24.1 Å². The molecule has 0 heterocycles. The van der Waals surface area contributed by atoms with Gasteiger partial charge in [-0.2, -0.15) is 0 Å². The topological polar surface area (TPSA) is 72.2 Å². The summed E-state index contributed by atoms with van der Waals surface area (Å²) in [7, 11) is 0. The zero-order valence-corrected chi connectivity index (χ0v) is 11.5. The van der Waals surface area contributed by atoms with E-state index < -0.39 is 0 Å². The molecule has 108 valence electrons. The number of hydrogen-bond acceptors (Lipinski definition) is 4. The van der Waals surface area contributed by atoms with Crippen molar-refractivity contribution in [3.63, 3.8) is 0 Å². The van der Waals surface area contributed by atoms with E-state index in [4.69, 9.17) is 0 Å². The van der Waals surface area contributed by atoms with E-state index in [0.717, 1.165) is 44.1 Å². The number of para-hydroxylation sites is 1. The van der Waals surface area contributed by atoms with Gasteiger partial charge in [0.2, 0.25) is 0 Å². The number of nitrogens with zero attached hydrogens (tertiary/aromatic N) is 1. The van der Waals surface area contributed by atoms with Gasteiger partial charge in [0.25, 0.3) is 5.69 Å². The van der Waals surface area contributed by atoms with E-state index >= 15 is 0 Å². The minimum absolute atomic E-state index is 0.171. The molecule has 0 saturated heterocycles. The summed E-state index contributed by atoms with van der Waals surface area (Å²) in [5.41, 5.74) is 0.892. The SMILES string of the molecule is O=CC1CCC(CNCc2ccccc2[N+](=O)[O-])CC1. The number of hydrogen-bond donors (Lipinski definition) is 1. The van der Waals surface area contributed by atoms with Gasteiger partial charge in [0.1, 0.15) is 6.29 Å². The molecule has 1 aromatic rings. The van der Waals surface area contributed by atoms with Crippen LogP contribution < -0.4 is 5.32 Å². The van der Waals surface area contributed by atoms with Crippen LogP contribution in [0.15, 0.2) is 24.3 Å². The molecule has 5 heteroatoms. The third-order valence-corrected chi connectivity index (χ3v) is 4.02. The fourth-order valence-corrected chi connectivity index (χ4v) is 2.78. The molecule has 1 saturated carbocycles. The minimum atomic E-state index is -0.341. The van der Waals surface area contributed by atoms with Crippen LogP contribution in [0, 0.1) is 22.0 Å². The maximum absolute atomic E-state index is 10.9. The molecule has 0 aliphatic heterocycles. The molecule has 1 aromatic carbocycles. The van der Waals surface area contributed by atoms with Crippen LogP contribution in [-0.4, -0.2) is 17.8 Å². The minimum Gasteiger partial charge on any atom is -0.312 e. The van der Waals surface area contributed by atoms with E-state index in [1.807, 2.05) is 6.07 Å².